The smallest absolute Gasteiger partial charge is 0.291 e. The fourth-order valence-electron chi connectivity index (χ4n) is 2.77. The van der Waals surface area contributed by atoms with Crippen LogP contribution in [0.15, 0.2) is 81.9 Å². The van der Waals surface area contributed by atoms with Gasteiger partial charge in [0.05, 0.1) is 18.4 Å². The van der Waals surface area contributed by atoms with E-state index in [0.717, 1.165) is 10.0 Å². The topological polar surface area (TPSA) is 69.3 Å². The molecule has 1 N–H and O–H groups in total. The average Bonchev–Trinajstić information content (AvgIpc) is 3.38. The van der Waals surface area contributed by atoms with Crippen molar-refractivity contribution in [3.63, 3.8) is 0 Å². The third-order valence-electron chi connectivity index (χ3n) is 4.21. The van der Waals surface area contributed by atoms with Gasteiger partial charge in [0, 0.05) is 15.7 Å². The standard InChI is InChI=1S/C22H17BrClN3O3/c23-16-6-4-15(5-7-16)12-27-13-18(11-25-27)26-22(28)21-9-8-20(30-21)14-29-19-3-1-2-17(24)10-19/h1-11,13H,12,14H2,(H,26,28). The van der Waals surface area contributed by atoms with Crippen molar-refractivity contribution in [1.82, 2.24) is 9.78 Å². The second kappa shape index (κ2) is 9.19. The van der Waals surface area contributed by atoms with Crippen LogP contribution in [0.2, 0.25) is 5.02 Å². The first kappa shape index (κ1) is 20.3. The highest BCUT2D eigenvalue weighted by atomic mass is 79.9. The van der Waals surface area contributed by atoms with E-state index in [2.05, 4.69) is 26.3 Å². The van der Waals surface area contributed by atoms with E-state index in [4.69, 9.17) is 20.8 Å². The van der Waals surface area contributed by atoms with E-state index in [9.17, 15) is 4.79 Å². The number of carbonyl (C=O) groups excluding carboxylic acids is 1. The van der Waals surface area contributed by atoms with Crippen LogP contribution in [0.25, 0.3) is 0 Å². The Kier molecular flexibility index (Phi) is 6.21. The maximum absolute atomic E-state index is 12.4. The van der Waals surface area contributed by atoms with E-state index in [1.807, 2.05) is 24.3 Å². The van der Waals surface area contributed by atoms with Gasteiger partial charge in [-0.15, -0.1) is 0 Å². The number of amides is 1. The number of hydrogen-bond donors (Lipinski definition) is 1. The Labute approximate surface area is 186 Å². The lowest BCUT2D eigenvalue weighted by molar-refractivity contribution is 0.0992. The fourth-order valence-corrected chi connectivity index (χ4v) is 3.22. The fraction of sp³-hybridized carbons (Fsp3) is 0.0909. The third-order valence-corrected chi connectivity index (χ3v) is 4.98. The van der Waals surface area contributed by atoms with Crippen LogP contribution in [0, 0.1) is 0 Å². The first-order chi connectivity index (χ1) is 14.5. The minimum Gasteiger partial charge on any atom is -0.486 e. The molecule has 0 aliphatic heterocycles. The summed E-state index contributed by atoms with van der Waals surface area (Å²) < 4.78 is 14.0. The van der Waals surface area contributed by atoms with Gasteiger partial charge in [-0.2, -0.15) is 5.10 Å². The number of nitrogens with one attached hydrogen (secondary N) is 1. The molecule has 0 aliphatic rings. The SMILES string of the molecule is O=C(Nc1cnn(Cc2ccc(Br)cc2)c1)c1ccc(COc2cccc(Cl)c2)o1. The summed E-state index contributed by atoms with van der Waals surface area (Å²) in [5.41, 5.74) is 1.69. The summed E-state index contributed by atoms with van der Waals surface area (Å²) in [4.78, 5) is 12.4. The zero-order valence-electron chi connectivity index (χ0n) is 15.7. The van der Waals surface area contributed by atoms with Crippen molar-refractivity contribution in [3.8, 4) is 5.75 Å². The highest BCUT2D eigenvalue weighted by Gasteiger charge is 2.13. The van der Waals surface area contributed by atoms with E-state index in [1.165, 1.54) is 0 Å². The quantitative estimate of drug-likeness (QED) is 0.360. The lowest BCUT2D eigenvalue weighted by Gasteiger charge is -2.04. The number of furan rings is 1. The normalized spacial score (nSPS) is 10.7. The highest BCUT2D eigenvalue weighted by molar-refractivity contribution is 9.10. The van der Waals surface area contributed by atoms with Crippen LogP contribution in [0.4, 0.5) is 5.69 Å². The summed E-state index contributed by atoms with van der Waals surface area (Å²) in [5.74, 6) is 1.00. The molecule has 152 valence electrons. The van der Waals surface area contributed by atoms with Crippen LogP contribution in [0.5, 0.6) is 5.75 Å². The van der Waals surface area contributed by atoms with E-state index < -0.39 is 0 Å². The Hall–Kier alpha value is -3.03. The van der Waals surface area contributed by atoms with Gasteiger partial charge in [0.1, 0.15) is 18.1 Å². The maximum Gasteiger partial charge on any atom is 0.291 e. The van der Waals surface area contributed by atoms with E-state index in [-0.39, 0.29) is 18.3 Å². The Balaban J connectivity index is 1.33. The molecule has 2 heterocycles. The molecule has 4 aromatic rings. The van der Waals surface area contributed by atoms with Gasteiger partial charge in [-0.3, -0.25) is 9.48 Å². The molecule has 2 aromatic carbocycles. The summed E-state index contributed by atoms with van der Waals surface area (Å²) in [6, 6.07) is 18.4. The van der Waals surface area contributed by atoms with E-state index in [1.54, 1.807) is 53.5 Å². The highest BCUT2D eigenvalue weighted by Crippen LogP contribution is 2.19. The van der Waals surface area contributed by atoms with E-state index >= 15 is 0 Å². The van der Waals surface area contributed by atoms with Crippen LogP contribution in [-0.2, 0) is 13.2 Å². The number of benzene rings is 2. The summed E-state index contributed by atoms with van der Waals surface area (Å²) in [7, 11) is 0. The zero-order chi connectivity index (χ0) is 20.9. The first-order valence-electron chi connectivity index (χ1n) is 9.10. The van der Waals surface area contributed by atoms with Crippen LogP contribution in [0.1, 0.15) is 21.9 Å². The lowest BCUT2D eigenvalue weighted by Crippen LogP contribution is -2.10. The van der Waals surface area contributed by atoms with Crippen molar-refractivity contribution in [3.05, 3.63) is 99.6 Å². The molecule has 0 saturated heterocycles. The van der Waals surface area contributed by atoms with Gasteiger partial charge in [-0.1, -0.05) is 45.7 Å². The molecule has 0 aliphatic carbocycles. The van der Waals surface area contributed by atoms with Gasteiger partial charge in [-0.05, 0) is 48.0 Å². The number of carbonyl (C=O) groups is 1. The second-order valence-corrected chi connectivity index (χ2v) is 7.87. The molecule has 30 heavy (non-hydrogen) atoms. The van der Waals surface area contributed by atoms with Crippen LogP contribution >= 0.6 is 27.5 Å². The largest absolute Gasteiger partial charge is 0.486 e. The van der Waals surface area contributed by atoms with Crippen molar-refractivity contribution in [1.29, 1.82) is 0 Å². The molecule has 0 fully saturated rings. The summed E-state index contributed by atoms with van der Waals surface area (Å²) in [5, 5.41) is 7.66. The van der Waals surface area contributed by atoms with Crippen LogP contribution < -0.4 is 10.1 Å². The molecule has 0 unspecified atom stereocenters. The second-order valence-electron chi connectivity index (χ2n) is 6.52. The molecular weight excluding hydrogens is 470 g/mol. The minimum absolute atomic E-state index is 0.193. The summed E-state index contributed by atoms with van der Waals surface area (Å²) in [6.07, 6.45) is 3.37. The van der Waals surface area contributed by atoms with E-state index in [0.29, 0.717) is 28.8 Å². The maximum atomic E-state index is 12.4. The molecule has 1 amide bonds. The lowest BCUT2D eigenvalue weighted by atomic mass is 10.2. The Morgan fingerprint density at radius 3 is 2.80 bits per heavy atom. The molecule has 0 bridgehead atoms. The molecule has 2 aromatic heterocycles. The number of hydrogen-bond acceptors (Lipinski definition) is 4. The summed E-state index contributed by atoms with van der Waals surface area (Å²) in [6.45, 7) is 0.799. The number of halogens is 2. The molecule has 6 nitrogen and oxygen atoms in total. The van der Waals surface area contributed by atoms with Gasteiger partial charge in [0.2, 0.25) is 0 Å². The number of rotatable bonds is 7. The minimum atomic E-state index is -0.354. The molecule has 0 atom stereocenters. The number of anilines is 1. The molecule has 4 rings (SSSR count). The monoisotopic (exact) mass is 485 g/mol. The van der Waals surface area contributed by atoms with Crippen molar-refractivity contribution in [2.75, 3.05) is 5.32 Å². The molecule has 8 heteroatoms. The first-order valence-corrected chi connectivity index (χ1v) is 10.3. The van der Waals surface area contributed by atoms with Crippen molar-refractivity contribution >= 4 is 39.1 Å². The molecular formula is C22H17BrClN3O3. The van der Waals surface area contributed by atoms with Crippen LogP contribution in [-0.4, -0.2) is 15.7 Å². The Bertz CT molecular complexity index is 1150. The van der Waals surface area contributed by atoms with Gasteiger partial charge in [0.15, 0.2) is 5.76 Å². The third kappa shape index (κ3) is 5.31. The van der Waals surface area contributed by atoms with Gasteiger partial charge < -0.3 is 14.5 Å². The molecule has 0 radical (unpaired) electrons. The number of aromatic nitrogens is 2. The van der Waals surface area contributed by atoms with Gasteiger partial charge in [0.25, 0.3) is 5.91 Å². The number of ether oxygens (including phenoxy) is 1. The van der Waals surface area contributed by atoms with Gasteiger partial charge in [-0.25, -0.2) is 0 Å². The Morgan fingerprint density at radius 1 is 1.17 bits per heavy atom. The summed E-state index contributed by atoms with van der Waals surface area (Å²) >= 11 is 9.36. The van der Waals surface area contributed by atoms with Crippen LogP contribution in [0.3, 0.4) is 0 Å². The molecule has 0 saturated carbocycles. The Morgan fingerprint density at radius 2 is 2.00 bits per heavy atom. The predicted molar refractivity (Wildman–Crippen MR) is 118 cm³/mol. The zero-order valence-corrected chi connectivity index (χ0v) is 18.1. The van der Waals surface area contributed by atoms with Gasteiger partial charge >= 0.3 is 0 Å². The molecule has 0 spiro atoms. The van der Waals surface area contributed by atoms with Crippen molar-refractivity contribution < 1.29 is 13.9 Å². The van der Waals surface area contributed by atoms with Crippen molar-refractivity contribution in [2.45, 2.75) is 13.2 Å². The number of nitrogens with zero attached hydrogens (tertiary/aromatic N) is 2. The predicted octanol–water partition coefficient (Wildman–Crippen LogP) is 5.77. The average molecular weight is 487 g/mol. The van der Waals surface area contributed by atoms with Crippen molar-refractivity contribution in [2.24, 2.45) is 0 Å².